The van der Waals surface area contributed by atoms with Crippen molar-refractivity contribution in [3.05, 3.63) is 54.5 Å². The van der Waals surface area contributed by atoms with E-state index in [0.717, 1.165) is 31.9 Å². The summed E-state index contributed by atoms with van der Waals surface area (Å²) in [5.41, 5.74) is 1.31. The lowest BCUT2D eigenvalue weighted by atomic mass is 10.1. The minimum Gasteiger partial charge on any atom is -0.374 e. The van der Waals surface area contributed by atoms with Crippen molar-refractivity contribution in [1.82, 2.24) is 9.97 Å². The summed E-state index contributed by atoms with van der Waals surface area (Å²) in [6.07, 6.45) is 6.41. The van der Waals surface area contributed by atoms with Gasteiger partial charge in [0.15, 0.2) is 0 Å². The lowest BCUT2D eigenvalue weighted by Gasteiger charge is -2.33. The molecule has 0 aliphatic carbocycles. The zero-order valence-corrected chi connectivity index (χ0v) is 10.8. The summed E-state index contributed by atoms with van der Waals surface area (Å²) in [7, 11) is 0. The molecular formula is C15H17N3O. The minimum absolute atomic E-state index is 0.221. The van der Waals surface area contributed by atoms with Gasteiger partial charge in [0.1, 0.15) is 5.82 Å². The van der Waals surface area contributed by atoms with Crippen LogP contribution in [-0.4, -0.2) is 35.8 Å². The number of hydrogen-bond donors (Lipinski definition) is 0. The van der Waals surface area contributed by atoms with Crippen molar-refractivity contribution in [2.24, 2.45) is 0 Å². The first-order valence-electron chi connectivity index (χ1n) is 6.58. The summed E-state index contributed by atoms with van der Waals surface area (Å²) < 4.78 is 5.84. The van der Waals surface area contributed by atoms with Crippen molar-refractivity contribution in [3.63, 3.8) is 0 Å². The molecule has 0 unspecified atom stereocenters. The van der Waals surface area contributed by atoms with Gasteiger partial charge in [0, 0.05) is 31.9 Å². The van der Waals surface area contributed by atoms with Crippen LogP contribution in [0.25, 0.3) is 0 Å². The van der Waals surface area contributed by atoms with Gasteiger partial charge in [0.25, 0.3) is 0 Å². The number of hydrogen-bond acceptors (Lipinski definition) is 4. The van der Waals surface area contributed by atoms with Gasteiger partial charge in [-0.3, -0.25) is 4.98 Å². The molecule has 0 saturated carbocycles. The fourth-order valence-electron chi connectivity index (χ4n) is 2.38. The maximum Gasteiger partial charge on any atom is 0.147 e. The molecule has 1 aromatic heterocycles. The lowest BCUT2D eigenvalue weighted by Crippen LogP contribution is -2.43. The molecule has 1 aliphatic heterocycles. The van der Waals surface area contributed by atoms with E-state index in [-0.39, 0.29) is 6.10 Å². The number of nitrogens with zero attached hydrogens (tertiary/aromatic N) is 3. The van der Waals surface area contributed by atoms with Crippen LogP contribution in [0.15, 0.2) is 48.9 Å². The highest BCUT2D eigenvalue weighted by Crippen LogP contribution is 2.16. The quantitative estimate of drug-likeness (QED) is 0.840. The molecule has 0 spiro atoms. The van der Waals surface area contributed by atoms with E-state index in [1.165, 1.54) is 5.56 Å². The van der Waals surface area contributed by atoms with Gasteiger partial charge in [-0.05, 0) is 5.56 Å². The first kappa shape index (κ1) is 12.1. The van der Waals surface area contributed by atoms with E-state index < -0.39 is 0 Å². The summed E-state index contributed by atoms with van der Waals surface area (Å²) in [5.74, 6) is 0.934. The monoisotopic (exact) mass is 255 g/mol. The van der Waals surface area contributed by atoms with E-state index in [1.54, 1.807) is 12.4 Å². The average molecular weight is 255 g/mol. The van der Waals surface area contributed by atoms with Crippen molar-refractivity contribution in [2.75, 3.05) is 24.6 Å². The molecule has 0 amide bonds. The molecule has 0 N–H and O–H groups in total. The van der Waals surface area contributed by atoms with E-state index >= 15 is 0 Å². The van der Waals surface area contributed by atoms with E-state index in [1.807, 2.05) is 12.3 Å². The Bertz CT molecular complexity index is 503. The Balaban J connectivity index is 1.65. The highest BCUT2D eigenvalue weighted by Gasteiger charge is 2.21. The van der Waals surface area contributed by atoms with E-state index in [9.17, 15) is 0 Å². The smallest absolute Gasteiger partial charge is 0.147 e. The number of rotatable bonds is 3. The zero-order chi connectivity index (χ0) is 12.9. The Labute approximate surface area is 113 Å². The molecule has 1 aromatic carbocycles. The van der Waals surface area contributed by atoms with Crippen molar-refractivity contribution in [2.45, 2.75) is 12.5 Å². The van der Waals surface area contributed by atoms with Gasteiger partial charge in [-0.1, -0.05) is 30.3 Å². The number of morpholine rings is 1. The van der Waals surface area contributed by atoms with Crippen LogP contribution in [0.3, 0.4) is 0 Å². The predicted molar refractivity (Wildman–Crippen MR) is 74.1 cm³/mol. The molecule has 19 heavy (non-hydrogen) atoms. The third-order valence-corrected chi connectivity index (χ3v) is 3.32. The van der Waals surface area contributed by atoms with Crippen molar-refractivity contribution < 1.29 is 4.74 Å². The van der Waals surface area contributed by atoms with Crippen LogP contribution < -0.4 is 4.90 Å². The van der Waals surface area contributed by atoms with Gasteiger partial charge in [-0.15, -0.1) is 0 Å². The molecule has 2 heterocycles. The Morgan fingerprint density at radius 1 is 1.21 bits per heavy atom. The normalized spacial score (nSPS) is 19.4. The molecule has 1 fully saturated rings. The Hall–Kier alpha value is -1.94. The molecule has 4 nitrogen and oxygen atoms in total. The highest BCUT2D eigenvalue weighted by atomic mass is 16.5. The standard InChI is InChI=1S/C15H17N3O/c1-2-4-13(5-3-1)10-14-12-18(8-9-19-14)15-11-16-6-7-17-15/h1-7,11,14H,8-10,12H2/t14-/m1/s1. The second-order valence-corrected chi connectivity index (χ2v) is 4.69. The van der Waals surface area contributed by atoms with Gasteiger partial charge < -0.3 is 9.64 Å². The first-order chi connectivity index (χ1) is 9.42. The van der Waals surface area contributed by atoms with Gasteiger partial charge in [-0.25, -0.2) is 4.98 Å². The largest absolute Gasteiger partial charge is 0.374 e. The van der Waals surface area contributed by atoms with Crippen molar-refractivity contribution in [3.8, 4) is 0 Å². The number of ether oxygens (including phenoxy) is 1. The summed E-state index contributed by atoms with van der Waals surface area (Å²) in [4.78, 5) is 10.7. The van der Waals surface area contributed by atoms with E-state index in [4.69, 9.17) is 4.74 Å². The van der Waals surface area contributed by atoms with Crippen molar-refractivity contribution in [1.29, 1.82) is 0 Å². The van der Waals surface area contributed by atoms with Crippen LogP contribution in [0.1, 0.15) is 5.56 Å². The molecule has 98 valence electrons. The third kappa shape index (κ3) is 3.09. The first-order valence-corrected chi connectivity index (χ1v) is 6.58. The molecule has 1 aliphatic rings. The summed E-state index contributed by atoms with van der Waals surface area (Å²) in [5, 5.41) is 0. The van der Waals surface area contributed by atoms with Crippen LogP contribution in [-0.2, 0) is 11.2 Å². The van der Waals surface area contributed by atoms with Gasteiger partial charge in [-0.2, -0.15) is 0 Å². The molecule has 0 bridgehead atoms. The van der Waals surface area contributed by atoms with Gasteiger partial charge in [0.05, 0.1) is 18.9 Å². The second-order valence-electron chi connectivity index (χ2n) is 4.69. The Kier molecular flexibility index (Phi) is 3.70. The SMILES string of the molecule is c1ccc(C[C@@H]2CN(c3cnccn3)CCO2)cc1. The predicted octanol–water partition coefficient (Wildman–Crippen LogP) is 1.92. The Morgan fingerprint density at radius 3 is 2.89 bits per heavy atom. The fourth-order valence-corrected chi connectivity index (χ4v) is 2.38. The van der Waals surface area contributed by atoms with E-state index in [0.29, 0.717) is 0 Å². The fraction of sp³-hybridized carbons (Fsp3) is 0.333. The highest BCUT2D eigenvalue weighted by molar-refractivity contribution is 5.35. The Morgan fingerprint density at radius 2 is 2.11 bits per heavy atom. The molecule has 3 rings (SSSR count). The maximum absolute atomic E-state index is 5.84. The zero-order valence-electron chi connectivity index (χ0n) is 10.8. The summed E-state index contributed by atoms with van der Waals surface area (Å²) in [6.45, 7) is 2.49. The minimum atomic E-state index is 0.221. The molecule has 1 saturated heterocycles. The van der Waals surface area contributed by atoms with Crippen LogP contribution in [0.2, 0.25) is 0 Å². The second kappa shape index (κ2) is 5.80. The van der Waals surface area contributed by atoms with Gasteiger partial charge in [0.2, 0.25) is 0 Å². The average Bonchev–Trinajstić information content (AvgIpc) is 2.49. The molecule has 0 radical (unpaired) electrons. The molecule has 1 atom stereocenters. The van der Waals surface area contributed by atoms with E-state index in [2.05, 4.69) is 39.1 Å². The van der Waals surface area contributed by atoms with Crippen LogP contribution >= 0.6 is 0 Å². The van der Waals surface area contributed by atoms with Crippen LogP contribution in [0.4, 0.5) is 5.82 Å². The molecule has 2 aromatic rings. The molecular weight excluding hydrogens is 238 g/mol. The van der Waals surface area contributed by atoms with Crippen LogP contribution in [0, 0.1) is 0 Å². The number of anilines is 1. The van der Waals surface area contributed by atoms with Crippen LogP contribution in [0.5, 0.6) is 0 Å². The third-order valence-electron chi connectivity index (χ3n) is 3.32. The van der Waals surface area contributed by atoms with Gasteiger partial charge >= 0.3 is 0 Å². The lowest BCUT2D eigenvalue weighted by molar-refractivity contribution is 0.0408. The maximum atomic E-state index is 5.84. The molecule has 4 heteroatoms. The van der Waals surface area contributed by atoms with Crippen molar-refractivity contribution >= 4 is 5.82 Å². The topological polar surface area (TPSA) is 38.2 Å². The number of benzene rings is 1. The number of aromatic nitrogens is 2. The summed E-state index contributed by atoms with van der Waals surface area (Å²) in [6, 6.07) is 10.5. The summed E-state index contributed by atoms with van der Waals surface area (Å²) >= 11 is 0.